The summed E-state index contributed by atoms with van der Waals surface area (Å²) in [5.74, 6) is 0. The summed E-state index contributed by atoms with van der Waals surface area (Å²) in [6.07, 6.45) is 5.98. The monoisotopic (exact) mass is 270 g/mol. The maximum absolute atomic E-state index is 4.97. The van der Waals surface area contributed by atoms with Crippen LogP contribution in [0.15, 0.2) is 24.3 Å². The maximum atomic E-state index is 4.97. The molecule has 1 atom stereocenters. The molecule has 0 aliphatic heterocycles. The molecule has 4 rings (SSSR count). The fourth-order valence-corrected chi connectivity index (χ4v) is 4.96. The lowest BCUT2D eigenvalue weighted by Crippen LogP contribution is -2.38. The van der Waals surface area contributed by atoms with Gasteiger partial charge in [0.1, 0.15) is 5.01 Å². The zero-order valence-corrected chi connectivity index (χ0v) is 12.0. The van der Waals surface area contributed by atoms with Gasteiger partial charge < -0.3 is 5.32 Å². The van der Waals surface area contributed by atoms with E-state index >= 15 is 0 Å². The topological polar surface area (TPSA) is 24.9 Å². The van der Waals surface area contributed by atoms with Gasteiger partial charge in [-0.2, -0.15) is 0 Å². The fourth-order valence-electron chi connectivity index (χ4n) is 3.57. The fraction of sp³-hybridized carbons (Fsp3) is 0.438. The summed E-state index contributed by atoms with van der Waals surface area (Å²) < 4.78 is 0. The summed E-state index contributed by atoms with van der Waals surface area (Å²) in [5.41, 5.74) is 4.24. The molecule has 2 aliphatic carbocycles. The summed E-state index contributed by atoms with van der Waals surface area (Å²) in [6.45, 7) is 0. The second-order valence-corrected chi connectivity index (χ2v) is 6.64. The standard InChI is InChI=1S/C16H18N2S/c1-17-16(10-9-11-5-2-3-6-12(11)16)15-18-13-7-4-8-14(13)19-15/h2-3,5-6,17H,4,7-10H2,1H3. The van der Waals surface area contributed by atoms with Crippen molar-refractivity contribution in [3.8, 4) is 0 Å². The molecule has 1 aromatic heterocycles. The lowest BCUT2D eigenvalue weighted by molar-refractivity contribution is 0.433. The van der Waals surface area contributed by atoms with Gasteiger partial charge >= 0.3 is 0 Å². The van der Waals surface area contributed by atoms with Gasteiger partial charge in [0.25, 0.3) is 0 Å². The molecular weight excluding hydrogens is 252 g/mol. The molecule has 0 amide bonds. The molecule has 0 saturated carbocycles. The Morgan fingerprint density at radius 3 is 2.95 bits per heavy atom. The molecule has 0 saturated heterocycles. The average molecular weight is 270 g/mol. The first-order valence-corrected chi connectivity index (χ1v) is 7.91. The maximum Gasteiger partial charge on any atom is 0.118 e. The summed E-state index contributed by atoms with van der Waals surface area (Å²) in [6, 6.07) is 8.82. The van der Waals surface area contributed by atoms with Crippen molar-refractivity contribution >= 4 is 11.3 Å². The molecule has 3 heteroatoms. The highest BCUT2D eigenvalue weighted by atomic mass is 32.1. The first-order chi connectivity index (χ1) is 9.33. The number of aryl methyl sites for hydroxylation is 3. The lowest BCUT2D eigenvalue weighted by atomic mass is 9.92. The Bertz CT molecular complexity index is 610. The summed E-state index contributed by atoms with van der Waals surface area (Å²) >= 11 is 1.93. The van der Waals surface area contributed by atoms with Crippen LogP contribution in [0.4, 0.5) is 0 Å². The minimum Gasteiger partial charge on any atom is -0.305 e. The highest BCUT2D eigenvalue weighted by molar-refractivity contribution is 7.12. The van der Waals surface area contributed by atoms with E-state index in [0.29, 0.717) is 0 Å². The molecule has 1 unspecified atom stereocenters. The molecule has 0 radical (unpaired) electrons. The van der Waals surface area contributed by atoms with E-state index in [1.807, 2.05) is 11.3 Å². The first kappa shape index (κ1) is 11.6. The predicted octanol–water partition coefficient (Wildman–Crippen LogP) is 3.04. The molecule has 1 heterocycles. The number of thiazole rings is 1. The third-order valence-electron chi connectivity index (χ3n) is 4.63. The molecular formula is C16H18N2S. The van der Waals surface area contributed by atoms with Crippen molar-refractivity contribution in [2.75, 3.05) is 7.05 Å². The average Bonchev–Trinajstić information content (AvgIpc) is 3.11. The third-order valence-corrected chi connectivity index (χ3v) is 5.95. The number of aromatic nitrogens is 1. The van der Waals surface area contributed by atoms with Gasteiger partial charge in [-0.15, -0.1) is 11.3 Å². The Balaban J connectivity index is 1.87. The molecule has 0 bridgehead atoms. The van der Waals surface area contributed by atoms with Crippen molar-refractivity contribution in [3.63, 3.8) is 0 Å². The van der Waals surface area contributed by atoms with Gasteiger partial charge in [0, 0.05) is 4.88 Å². The Hall–Kier alpha value is -1.19. The van der Waals surface area contributed by atoms with Crippen LogP contribution in [0, 0.1) is 0 Å². The van der Waals surface area contributed by atoms with Crippen molar-refractivity contribution in [1.82, 2.24) is 10.3 Å². The second-order valence-electron chi connectivity index (χ2n) is 5.55. The minimum atomic E-state index is -0.0361. The van der Waals surface area contributed by atoms with Gasteiger partial charge in [-0.1, -0.05) is 24.3 Å². The number of benzene rings is 1. The number of nitrogens with zero attached hydrogens (tertiary/aromatic N) is 1. The quantitative estimate of drug-likeness (QED) is 0.907. The number of hydrogen-bond acceptors (Lipinski definition) is 3. The van der Waals surface area contributed by atoms with E-state index in [2.05, 4.69) is 36.6 Å². The van der Waals surface area contributed by atoms with Crippen LogP contribution in [0.25, 0.3) is 0 Å². The van der Waals surface area contributed by atoms with Crippen LogP contribution in [0.3, 0.4) is 0 Å². The van der Waals surface area contributed by atoms with E-state index < -0.39 is 0 Å². The highest BCUT2D eigenvalue weighted by Crippen LogP contribution is 2.44. The van der Waals surface area contributed by atoms with Gasteiger partial charge in [0.05, 0.1) is 11.2 Å². The van der Waals surface area contributed by atoms with Crippen molar-refractivity contribution in [1.29, 1.82) is 0 Å². The SMILES string of the molecule is CNC1(c2nc3c(s2)CCC3)CCc2ccccc21. The van der Waals surface area contributed by atoms with Crippen LogP contribution in [-0.2, 0) is 24.8 Å². The number of rotatable bonds is 2. The smallest absolute Gasteiger partial charge is 0.118 e. The zero-order chi connectivity index (χ0) is 12.9. The normalized spacial score (nSPS) is 24.5. The largest absolute Gasteiger partial charge is 0.305 e. The van der Waals surface area contributed by atoms with Crippen LogP contribution in [-0.4, -0.2) is 12.0 Å². The van der Waals surface area contributed by atoms with E-state index in [1.165, 1.54) is 46.0 Å². The third kappa shape index (κ3) is 1.55. The van der Waals surface area contributed by atoms with E-state index in [1.54, 1.807) is 0 Å². The number of hydrogen-bond donors (Lipinski definition) is 1. The van der Waals surface area contributed by atoms with Crippen molar-refractivity contribution in [3.05, 3.63) is 51.0 Å². The minimum absolute atomic E-state index is 0.0361. The number of nitrogens with one attached hydrogen (secondary N) is 1. The molecule has 19 heavy (non-hydrogen) atoms. The van der Waals surface area contributed by atoms with E-state index in [4.69, 9.17) is 4.98 Å². The van der Waals surface area contributed by atoms with Crippen molar-refractivity contribution < 1.29 is 0 Å². The Morgan fingerprint density at radius 1 is 1.21 bits per heavy atom. The predicted molar refractivity (Wildman–Crippen MR) is 78.7 cm³/mol. The van der Waals surface area contributed by atoms with E-state index in [9.17, 15) is 0 Å². The van der Waals surface area contributed by atoms with Crippen molar-refractivity contribution in [2.24, 2.45) is 0 Å². The van der Waals surface area contributed by atoms with Gasteiger partial charge in [-0.25, -0.2) is 4.98 Å². The first-order valence-electron chi connectivity index (χ1n) is 7.10. The molecule has 0 spiro atoms. The van der Waals surface area contributed by atoms with Gasteiger partial charge in [0.2, 0.25) is 0 Å². The Kier molecular flexibility index (Phi) is 2.54. The Morgan fingerprint density at radius 2 is 2.11 bits per heavy atom. The molecule has 1 N–H and O–H groups in total. The van der Waals surface area contributed by atoms with Crippen LogP contribution in [0.5, 0.6) is 0 Å². The second kappa shape index (κ2) is 4.15. The molecule has 1 aromatic carbocycles. The summed E-state index contributed by atoms with van der Waals surface area (Å²) in [4.78, 5) is 6.49. The summed E-state index contributed by atoms with van der Waals surface area (Å²) in [7, 11) is 2.08. The van der Waals surface area contributed by atoms with E-state index in [0.717, 1.165) is 12.8 Å². The highest BCUT2D eigenvalue weighted by Gasteiger charge is 2.42. The van der Waals surface area contributed by atoms with Crippen molar-refractivity contribution in [2.45, 2.75) is 37.6 Å². The lowest BCUT2D eigenvalue weighted by Gasteiger charge is -2.28. The molecule has 98 valence electrons. The zero-order valence-electron chi connectivity index (χ0n) is 11.2. The summed E-state index contributed by atoms with van der Waals surface area (Å²) in [5, 5.41) is 4.87. The van der Waals surface area contributed by atoms with Gasteiger partial charge in [0.15, 0.2) is 0 Å². The van der Waals surface area contributed by atoms with Crippen LogP contribution in [0.1, 0.15) is 39.5 Å². The molecule has 0 fully saturated rings. The van der Waals surface area contributed by atoms with Crippen LogP contribution < -0.4 is 5.32 Å². The van der Waals surface area contributed by atoms with Gasteiger partial charge in [-0.05, 0) is 50.3 Å². The van der Waals surface area contributed by atoms with Gasteiger partial charge in [-0.3, -0.25) is 0 Å². The Labute approximate surface area is 117 Å². The molecule has 2 aliphatic rings. The molecule has 2 nitrogen and oxygen atoms in total. The molecule has 2 aromatic rings. The van der Waals surface area contributed by atoms with Crippen LogP contribution >= 0.6 is 11.3 Å². The number of fused-ring (bicyclic) bond motifs is 2. The van der Waals surface area contributed by atoms with E-state index in [-0.39, 0.29) is 5.54 Å². The van der Waals surface area contributed by atoms with Crippen LogP contribution in [0.2, 0.25) is 0 Å².